The summed E-state index contributed by atoms with van der Waals surface area (Å²) in [6, 6.07) is 8.62. The van der Waals surface area contributed by atoms with Crippen LogP contribution >= 0.6 is 0 Å². The number of hydrogen-bond acceptors (Lipinski definition) is 3. The number of nitrogens with one attached hydrogen (secondary N) is 1. The SMILES string of the molecule is CCC(C)NCC(O)COc1ccccc1C1CC1. The summed E-state index contributed by atoms with van der Waals surface area (Å²) in [5, 5.41) is 13.2. The van der Waals surface area contributed by atoms with Crippen molar-refractivity contribution in [1.82, 2.24) is 5.32 Å². The molecule has 1 saturated carbocycles. The third kappa shape index (κ3) is 4.51. The van der Waals surface area contributed by atoms with Gasteiger partial charge in [-0.25, -0.2) is 0 Å². The lowest BCUT2D eigenvalue weighted by Gasteiger charge is -2.17. The van der Waals surface area contributed by atoms with Crippen LogP contribution in [0.1, 0.15) is 44.6 Å². The quantitative estimate of drug-likeness (QED) is 0.757. The molecule has 1 fully saturated rings. The van der Waals surface area contributed by atoms with E-state index >= 15 is 0 Å². The molecule has 0 radical (unpaired) electrons. The first-order valence-corrected chi connectivity index (χ1v) is 7.33. The van der Waals surface area contributed by atoms with Gasteiger partial charge in [0.25, 0.3) is 0 Å². The van der Waals surface area contributed by atoms with Crippen LogP contribution in [0.4, 0.5) is 0 Å². The first-order chi connectivity index (χ1) is 9.20. The van der Waals surface area contributed by atoms with Crippen LogP contribution in [0.2, 0.25) is 0 Å². The molecule has 1 aromatic carbocycles. The highest BCUT2D eigenvalue weighted by Gasteiger charge is 2.26. The Kier molecular flexibility index (Phi) is 5.23. The van der Waals surface area contributed by atoms with Crippen molar-refractivity contribution in [3.63, 3.8) is 0 Å². The fourth-order valence-corrected chi connectivity index (χ4v) is 2.07. The van der Waals surface area contributed by atoms with E-state index < -0.39 is 6.10 Å². The fourth-order valence-electron chi connectivity index (χ4n) is 2.07. The molecule has 3 nitrogen and oxygen atoms in total. The van der Waals surface area contributed by atoms with Gasteiger partial charge in [-0.15, -0.1) is 0 Å². The third-order valence-electron chi connectivity index (χ3n) is 3.68. The number of para-hydroxylation sites is 1. The Hall–Kier alpha value is -1.06. The van der Waals surface area contributed by atoms with Gasteiger partial charge in [0, 0.05) is 12.6 Å². The maximum atomic E-state index is 9.91. The lowest BCUT2D eigenvalue weighted by atomic mass is 10.1. The first-order valence-electron chi connectivity index (χ1n) is 7.33. The molecule has 2 rings (SSSR count). The average Bonchev–Trinajstić information content (AvgIpc) is 3.27. The molecule has 19 heavy (non-hydrogen) atoms. The monoisotopic (exact) mass is 263 g/mol. The van der Waals surface area contributed by atoms with Gasteiger partial charge in [0.15, 0.2) is 0 Å². The van der Waals surface area contributed by atoms with E-state index in [2.05, 4.69) is 31.3 Å². The van der Waals surface area contributed by atoms with Gasteiger partial charge in [-0.3, -0.25) is 0 Å². The Morgan fingerprint density at radius 1 is 1.37 bits per heavy atom. The van der Waals surface area contributed by atoms with E-state index in [0.717, 1.165) is 12.2 Å². The summed E-state index contributed by atoms with van der Waals surface area (Å²) in [4.78, 5) is 0. The number of benzene rings is 1. The number of aliphatic hydroxyl groups excluding tert-OH is 1. The summed E-state index contributed by atoms with van der Waals surface area (Å²) >= 11 is 0. The Balaban J connectivity index is 1.78. The Morgan fingerprint density at radius 2 is 2.11 bits per heavy atom. The van der Waals surface area contributed by atoms with Gasteiger partial charge >= 0.3 is 0 Å². The molecule has 1 aliphatic carbocycles. The lowest BCUT2D eigenvalue weighted by molar-refractivity contribution is 0.103. The zero-order valence-corrected chi connectivity index (χ0v) is 11.9. The molecule has 1 aromatic rings. The molecule has 3 heteroatoms. The predicted octanol–water partition coefficient (Wildman–Crippen LogP) is 2.69. The largest absolute Gasteiger partial charge is 0.491 e. The molecule has 1 aliphatic rings. The Bertz CT molecular complexity index is 390. The van der Waals surface area contributed by atoms with Crippen molar-refractivity contribution in [2.45, 2.75) is 51.2 Å². The molecule has 0 amide bonds. The topological polar surface area (TPSA) is 41.5 Å². The minimum absolute atomic E-state index is 0.354. The van der Waals surface area contributed by atoms with Gasteiger partial charge in [-0.2, -0.15) is 0 Å². The summed E-state index contributed by atoms with van der Waals surface area (Å²) in [7, 11) is 0. The number of aliphatic hydroxyl groups is 1. The van der Waals surface area contributed by atoms with Gasteiger partial charge < -0.3 is 15.2 Å². The van der Waals surface area contributed by atoms with E-state index in [1.807, 2.05) is 12.1 Å². The minimum Gasteiger partial charge on any atom is -0.491 e. The smallest absolute Gasteiger partial charge is 0.122 e. The zero-order chi connectivity index (χ0) is 13.7. The molecule has 2 N–H and O–H groups in total. The highest BCUT2D eigenvalue weighted by molar-refractivity contribution is 5.38. The van der Waals surface area contributed by atoms with E-state index in [4.69, 9.17) is 4.74 Å². The molecule has 0 saturated heterocycles. The fraction of sp³-hybridized carbons (Fsp3) is 0.625. The number of ether oxygens (including phenoxy) is 1. The minimum atomic E-state index is -0.457. The van der Waals surface area contributed by atoms with E-state index in [0.29, 0.717) is 25.1 Å². The first kappa shape index (κ1) is 14.4. The molecule has 0 aliphatic heterocycles. The molecule has 106 valence electrons. The molecule has 2 unspecified atom stereocenters. The molecular weight excluding hydrogens is 238 g/mol. The summed E-state index contributed by atoms with van der Waals surface area (Å²) in [6.45, 7) is 5.19. The van der Waals surface area contributed by atoms with Crippen molar-refractivity contribution >= 4 is 0 Å². The summed E-state index contributed by atoms with van der Waals surface area (Å²) in [5.74, 6) is 1.61. The van der Waals surface area contributed by atoms with E-state index in [1.54, 1.807) is 0 Å². The second-order valence-electron chi connectivity index (χ2n) is 5.49. The molecule has 0 heterocycles. The summed E-state index contributed by atoms with van der Waals surface area (Å²) in [6.07, 6.45) is 3.14. The van der Waals surface area contributed by atoms with Gasteiger partial charge in [0.1, 0.15) is 18.5 Å². The molecule has 2 atom stereocenters. The maximum Gasteiger partial charge on any atom is 0.122 e. The molecule has 0 bridgehead atoms. The van der Waals surface area contributed by atoms with Crippen LogP contribution in [0.3, 0.4) is 0 Å². The normalized spacial score (nSPS) is 18.1. The average molecular weight is 263 g/mol. The predicted molar refractivity (Wildman–Crippen MR) is 77.7 cm³/mol. The number of hydrogen-bond donors (Lipinski definition) is 2. The van der Waals surface area contributed by atoms with Crippen molar-refractivity contribution in [1.29, 1.82) is 0 Å². The van der Waals surface area contributed by atoms with Crippen molar-refractivity contribution < 1.29 is 9.84 Å². The van der Waals surface area contributed by atoms with Crippen LogP contribution in [-0.4, -0.2) is 30.4 Å². The van der Waals surface area contributed by atoms with Crippen LogP contribution in [-0.2, 0) is 0 Å². The van der Waals surface area contributed by atoms with Crippen LogP contribution in [0.25, 0.3) is 0 Å². The highest BCUT2D eigenvalue weighted by Crippen LogP contribution is 2.44. The van der Waals surface area contributed by atoms with Crippen molar-refractivity contribution in [2.75, 3.05) is 13.2 Å². The third-order valence-corrected chi connectivity index (χ3v) is 3.68. The second kappa shape index (κ2) is 6.92. The van der Waals surface area contributed by atoms with Gasteiger partial charge in [-0.05, 0) is 43.7 Å². The maximum absolute atomic E-state index is 9.91. The van der Waals surface area contributed by atoms with Gasteiger partial charge in [0.2, 0.25) is 0 Å². The summed E-state index contributed by atoms with van der Waals surface area (Å²) < 4.78 is 5.78. The van der Waals surface area contributed by atoms with Crippen LogP contribution in [0.5, 0.6) is 5.75 Å². The Morgan fingerprint density at radius 3 is 2.79 bits per heavy atom. The molecule has 0 spiro atoms. The van der Waals surface area contributed by atoms with Gasteiger partial charge in [-0.1, -0.05) is 25.1 Å². The Labute approximate surface area is 116 Å². The second-order valence-corrected chi connectivity index (χ2v) is 5.49. The molecule has 0 aromatic heterocycles. The molecular formula is C16H25NO2. The van der Waals surface area contributed by atoms with Crippen molar-refractivity contribution in [3.05, 3.63) is 29.8 Å². The van der Waals surface area contributed by atoms with Gasteiger partial charge in [0.05, 0.1) is 0 Å². The van der Waals surface area contributed by atoms with Crippen LogP contribution in [0.15, 0.2) is 24.3 Å². The van der Waals surface area contributed by atoms with E-state index in [-0.39, 0.29) is 0 Å². The standard InChI is InChI=1S/C16H25NO2/c1-3-12(2)17-10-14(18)11-19-16-7-5-4-6-15(16)13-8-9-13/h4-7,12-14,17-18H,3,8-11H2,1-2H3. The van der Waals surface area contributed by atoms with Crippen LogP contribution < -0.4 is 10.1 Å². The van der Waals surface area contributed by atoms with E-state index in [1.165, 1.54) is 18.4 Å². The highest BCUT2D eigenvalue weighted by atomic mass is 16.5. The number of rotatable bonds is 8. The van der Waals surface area contributed by atoms with Crippen molar-refractivity contribution in [2.24, 2.45) is 0 Å². The summed E-state index contributed by atoms with van der Waals surface area (Å²) in [5.41, 5.74) is 1.30. The zero-order valence-electron chi connectivity index (χ0n) is 11.9. The van der Waals surface area contributed by atoms with Crippen LogP contribution in [0, 0.1) is 0 Å². The van der Waals surface area contributed by atoms with E-state index in [9.17, 15) is 5.11 Å². The lowest BCUT2D eigenvalue weighted by Crippen LogP contribution is -2.36. The van der Waals surface area contributed by atoms with Crippen molar-refractivity contribution in [3.8, 4) is 5.75 Å².